The molecule has 2 N–H and O–H groups in total. The second kappa shape index (κ2) is 4.39. The first-order chi connectivity index (χ1) is 6.90. The van der Waals surface area contributed by atoms with Gasteiger partial charge in [0.15, 0.2) is 0 Å². The summed E-state index contributed by atoms with van der Waals surface area (Å²) in [5, 5.41) is 2.09. The Labute approximate surface area is 87.2 Å². The summed E-state index contributed by atoms with van der Waals surface area (Å²) >= 11 is 1.77. The molecule has 0 saturated heterocycles. The number of aromatic nitrogens is 2. The van der Waals surface area contributed by atoms with Crippen LogP contribution in [0.3, 0.4) is 0 Å². The minimum Gasteiger partial charge on any atom is -0.330 e. The van der Waals surface area contributed by atoms with Crippen molar-refractivity contribution in [2.75, 3.05) is 6.54 Å². The van der Waals surface area contributed by atoms with Gasteiger partial charge in [-0.2, -0.15) is 0 Å². The highest BCUT2D eigenvalue weighted by Gasteiger charge is 2.02. The molecular weight excluding hydrogens is 194 g/mol. The van der Waals surface area contributed by atoms with Gasteiger partial charge in [0.1, 0.15) is 0 Å². The minimum atomic E-state index is 0.677. The van der Waals surface area contributed by atoms with Gasteiger partial charge in [0.25, 0.3) is 0 Å². The highest BCUT2D eigenvalue weighted by atomic mass is 32.1. The van der Waals surface area contributed by atoms with E-state index in [-0.39, 0.29) is 0 Å². The smallest absolute Gasteiger partial charge is 0.0951 e. The third-order valence-electron chi connectivity index (χ3n) is 2.11. The maximum absolute atomic E-state index is 5.52. The summed E-state index contributed by atoms with van der Waals surface area (Å²) in [4.78, 5) is 5.48. The van der Waals surface area contributed by atoms with Crippen molar-refractivity contribution < 1.29 is 0 Å². The first-order valence-electron chi connectivity index (χ1n) is 4.61. The standard InChI is InChI=1S/C10H13N3S/c11-4-3-9-6-12-8-13(9)7-10-2-1-5-14-10/h1-2,5-6,8H,3-4,7,11H2. The molecule has 0 spiro atoms. The summed E-state index contributed by atoms with van der Waals surface area (Å²) in [6.45, 7) is 1.59. The van der Waals surface area contributed by atoms with Crippen molar-refractivity contribution in [2.45, 2.75) is 13.0 Å². The predicted octanol–water partition coefficient (Wildman–Crippen LogP) is 1.49. The van der Waals surface area contributed by atoms with E-state index in [1.807, 2.05) is 12.5 Å². The van der Waals surface area contributed by atoms with Crippen LogP contribution in [0.5, 0.6) is 0 Å². The fourth-order valence-electron chi connectivity index (χ4n) is 1.42. The molecule has 0 aliphatic heterocycles. The van der Waals surface area contributed by atoms with E-state index in [1.165, 1.54) is 10.6 Å². The van der Waals surface area contributed by atoms with E-state index < -0.39 is 0 Å². The lowest BCUT2D eigenvalue weighted by Crippen LogP contribution is -2.08. The molecule has 2 aromatic heterocycles. The molecule has 3 nitrogen and oxygen atoms in total. The molecule has 2 heterocycles. The largest absolute Gasteiger partial charge is 0.330 e. The summed E-state index contributed by atoms with van der Waals surface area (Å²) in [5.74, 6) is 0. The number of hydrogen-bond acceptors (Lipinski definition) is 3. The minimum absolute atomic E-state index is 0.677. The van der Waals surface area contributed by atoms with E-state index in [0.29, 0.717) is 6.54 Å². The molecule has 0 amide bonds. The van der Waals surface area contributed by atoms with Gasteiger partial charge >= 0.3 is 0 Å². The van der Waals surface area contributed by atoms with Crippen molar-refractivity contribution in [3.63, 3.8) is 0 Å². The topological polar surface area (TPSA) is 43.8 Å². The van der Waals surface area contributed by atoms with Gasteiger partial charge in [0.05, 0.1) is 12.9 Å². The van der Waals surface area contributed by atoms with Gasteiger partial charge in [-0.25, -0.2) is 4.98 Å². The molecule has 0 aliphatic rings. The zero-order valence-corrected chi connectivity index (χ0v) is 8.70. The van der Waals surface area contributed by atoms with Gasteiger partial charge in [-0.3, -0.25) is 0 Å². The number of hydrogen-bond donors (Lipinski definition) is 1. The zero-order chi connectivity index (χ0) is 9.80. The molecule has 0 aliphatic carbocycles. The summed E-state index contributed by atoms with van der Waals surface area (Å²) < 4.78 is 2.15. The van der Waals surface area contributed by atoms with Crippen molar-refractivity contribution in [1.82, 2.24) is 9.55 Å². The number of thiophene rings is 1. The van der Waals surface area contributed by atoms with E-state index in [2.05, 4.69) is 27.1 Å². The van der Waals surface area contributed by atoms with Crippen LogP contribution in [0.1, 0.15) is 10.6 Å². The highest BCUT2D eigenvalue weighted by molar-refractivity contribution is 7.09. The quantitative estimate of drug-likeness (QED) is 0.825. The molecule has 4 heteroatoms. The maximum Gasteiger partial charge on any atom is 0.0951 e. The molecule has 0 saturated carbocycles. The Morgan fingerprint density at radius 1 is 1.50 bits per heavy atom. The molecule has 2 rings (SSSR count). The Morgan fingerprint density at radius 2 is 2.43 bits per heavy atom. The fraction of sp³-hybridized carbons (Fsp3) is 0.300. The van der Waals surface area contributed by atoms with Crippen LogP contribution in [-0.4, -0.2) is 16.1 Å². The Morgan fingerprint density at radius 3 is 3.14 bits per heavy atom. The molecule has 0 bridgehead atoms. The van der Waals surface area contributed by atoms with Crippen LogP contribution in [0.25, 0.3) is 0 Å². The third-order valence-corrected chi connectivity index (χ3v) is 2.97. The molecule has 0 unspecified atom stereocenters. The zero-order valence-electron chi connectivity index (χ0n) is 7.89. The third kappa shape index (κ3) is 2.02. The Balaban J connectivity index is 2.12. The summed E-state index contributed by atoms with van der Waals surface area (Å²) in [5.41, 5.74) is 6.73. The van der Waals surface area contributed by atoms with E-state index in [0.717, 1.165) is 13.0 Å². The average Bonchev–Trinajstić information content (AvgIpc) is 2.80. The average molecular weight is 207 g/mol. The first kappa shape index (κ1) is 9.43. The summed E-state index contributed by atoms with van der Waals surface area (Å²) in [6.07, 6.45) is 4.65. The number of rotatable bonds is 4. The van der Waals surface area contributed by atoms with E-state index in [4.69, 9.17) is 5.73 Å². The van der Waals surface area contributed by atoms with E-state index >= 15 is 0 Å². The van der Waals surface area contributed by atoms with Crippen LogP contribution in [0, 0.1) is 0 Å². The monoisotopic (exact) mass is 207 g/mol. The SMILES string of the molecule is NCCc1cncn1Cc1cccs1. The molecule has 0 fully saturated rings. The Hall–Kier alpha value is -1.13. The normalized spacial score (nSPS) is 10.6. The van der Waals surface area contributed by atoms with Crippen LogP contribution >= 0.6 is 11.3 Å². The molecule has 2 aromatic rings. The lowest BCUT2D eigenvalue weighted by molar-refractivity contribution is 0.741. The van der Waals surface area contributed by atoms with Crippen LogP contribution in [0.15, 0.2) is 30.0 Å². The van der Waals surface area contributed by atoms with E-state index in [1.54, 1.807) is 11.3 Å². The first-order valence-corrected chi connectivity index (χ1v) is 5.49. The van der Waals surface area contributed by atoms with Crippen molar-refractivity contribution in [3.05, 3.63) is 40.6 Å². The van der Waals surface area contributed by atoms with Crippen molar-refractivity contribution in [2.24, 2.45) is 5.73 Å². The van der Waals surface area contributed by atoms with Gasteiger partial charge in [0, 0.05) is 23.2 Å². The number of imidazole rings is 1. The Kier molecular flexibility index (Phi) is 2.96. The van der Waals surface area contributed by atoms with Gasteiger partial charge in [-0.05, 0) is 18.0 Å². The lowest BCUT2D eigenvalue weighted by atomic mass is 10.3. The fourth-order valence-corrected chi connectivity index (χ4v) is 2.12. The van der Waals surface area contributed by atoms with Crippen LogP contribution < -0.4 is 5.73 Å². The summed E-state index contributed by atoms with van der Waals surface area (Å²) in [7, 11) is 0. The summed E-state index contributed by atoms with van der Waals surface area (Å²) in [6, 6.07) is 4.20. The second-order valence-electron chi connectivity index (χ2n) is 3.13. The maximum atomic E-state index is 5.52. The van der Waals surface area contributed by atoms with Crippen LogP contribution in [-0.2, 0) is 13.0 Å². The molecule has 0 aromatic carbocycles. The van der Waals surface area contributed by atoms with Gasteiger partial charge in [-0.15, -0.1) is 11.3 Å². The van der Waals surface area contributed by atoms with Gasteiger partial charge < -0.3 is 10.3 Å². The van der Waals surface area contributed by atoms with Gasteiger partial charge in [-0.1, -0.05) is 6.07 Å². The Bertz CT molecular complexity index is 378. The molecule has 0 radical (unpaired) electrons. The predicted molar refractivity (Wildman–Crippen MR) is 58.4 cm³/mol. The number of nitrogens with two attached hydrogens (primary N) is 1. The molecule has 14 heavy (non-hydrogen) atoms. The molecular formula is C10H13N3S. The molecule has 74 valence electrons. The van der Waals surface area contributed by atoms with Crippen LogP contribution in [0.4, 0.5) is 0 Å². The van der Waals surface area contributed by atoms with E-state index in [9.17, 15) is 0 Å². The van der Waals surface area contributed by atoms with Gasteiger partial charge in [0.2, 0.25) is 0 Å². The van der Waals surface area contributed by atoms with Crippen LogP contribution in [0.2, 0.25) is 0 Å². The highest BCUT2D eigenvalue weighted by Crippen LogP contribution is 2.12. The lowest BCUT2D eigenvalue weighted by Gasteiger charge is -2.04. The second-order valence-corrected chi connectivity index (χ2v) is 4.16. The number of nitrogens with zero attached hydrogens (tertiary/aromatic N) is 2. The van der Waals surface area contributed by atoms with Crippen molar-refractivity contribution in [3.8, 4) is 0 Å². The van der Waals surface area contributed by atoms with Crippen molar-refractivity contribution >= 4 is 11.3 Å². The molecule has 0 atom stereocenters. The van der Waals surface area contributed by atoms with Crippen molar-refractivity contribution in [1.29, 1.82) is 0 Å².